The second-order valence-corrected chi connectivity index (χ2v) is 2.81. The molecule has 4 heteroatoms. The molecule has 0 amide bonds. The first-order valence-corrected chi connectivity index (χ1v) is 2.91. The third-order valence-electron chi connectivity index (χ3n) is 0.589. The molecule has 0 radical (unpaired) electrons. The van der Waals surface area contributed by atoms with Crippen molar-refractivity contribution in [1.82, 2.24) is 0 Å². The maximum Gasteiger partial charge on any atom is 1.00 e. The van der Waals surface area contributed by atoms with Crippen LogP contribution in [-0.4, -0.2) is 11.6 Å². The Bertz CT molecular complexity index is 166. The molecule has 0 spiro atoms. The third kappa shape index (κ3) is 9.83. The Morgan fingerprint density at radius 3 is 2.27 bits per heavy atom. The van der Waals surface area contributed by atoms with Crippen LogP contribution in [0, 0.1) is 17.8 Å². The van der Waals surface area contributed by atoms with Crippen LogP contribution in [0.5, 0.6) is 0 Å². The van der Waals surface area contributed by atoms with Gasteiger partial charge in [-0.15, -0.1) is 0 Å². The van der Waals surface area contributed by atoms with Crippen molar-refractivity contribution in [3.05, 3.63) is 6.42 Å². The van der Waals surface area contributed by atoms with Crippen LogP contribution in [0.15, 0.2) is 0 Å². The second-order valence-electron chi connectivity index (χ2n) is 2.81. The van der Waals surface area contributed by atoms with Crippen LogP contribution < -0.4 is 29.6 Å². The van der Waals surface area contributed by atoms with Crippen LogP contribution in [0.3, 0.4) is 0 Å². The molecule has 0 saturated heterocycles. The summed E-state index contributed by atoms with van der Waals surface area (Å²) in [4.78, 5) is 10.6. The van der Waals surface area contributed by atoms with Crippen molar-refractivity contribution < 1.29 is 39.1 Å². The second kappa shape index (κ2) is 5.48. The van der Waals surface area contributed by atoms with E-state index in [1.807, 2.05) is 0 Å². The summed E-state index contributed by atoms with van der Waals surface area (Å²) < 4.78 is 4.76. The van der Waals surface area contributed by atoms with Crippen molar-refractivity contribution in [1.29, 1.82) is 5.26 Å². The first-order valence-electron chi connectivity index (χ1n) is 2.91. The number of nitriles is 1. The number of carbonyl (C=O) groups excluding carboxylic acids is 1. The van der Waals surface area contributed by atoms with E-state index in [2.05, 4.69) is 0 Å². The van der Waals surface area contributed by atoms with Gasteiger partial charge in [-0.1, -0.05) is 6.07 Å². The van der Waals surface area contributed by atoms with Crippen LogP contribution >= 0.6 is 0 Å². The van der Waals surface area contributed by atoms with E-state index in [1.165, 1.54) is 0 Å². The largest absolute Gasteiger partial charge is 1.00 e. The molecule has 0 aliphatic rings. The molecule has 0 heterocycles. The van der Waals surface area contributed by atoms with E-state index >= 15 is 0 Å². The van der Waals surface area contributed by atoms with Gasteiger partial charge in [-0.2, -0.15) is 6.42 Å². The quantitative estimate of drug-likeness (QED) is 0.257. The Morgan fingerprint density at radius 1 is 1.55 bits per heavy atom. The summed E-state index contributed by atoms with van der Waals surface area (Å²) in [7, 11) is 0. The van der Waals surface area contributed by atoms with Crippen molar-refractivity contribution in [2.45, 2.75) is 26.4 Å². The molecular weight excluding hydrogens is 153 g/mol. The van der Waals surface area contributed by atoms with Crippen molar-refractivity contribution in [3.8, 4) is 6.07 Å². The molecule has 0 aliphatic carbocycles. The normalized spacial score (nSPS) is 8.91. The Morgan fingerprint density at radius 2 is 2.00 bits per heavy atom. The molecule has 0 aromatic heterocycles. The summed E-state index contributed by atoms with van der Waals surface area (Å²) in [6.07, 6.45) is 0.839. The first kappa shape index (κ1) is 13.4. The van der Waals surface area contributed by atoms with E-state index in [9.17, 15) is 4.79 Å². The maximum absolute atomic E-state index is 10.6. The van der Waals surface area contributed by atoms with Gasteiger partial charge in [0, 0.05) is 0 Å². The zero-order valence-corrected chi connectivity index (χ0v) is 9.34. The number of ether oxygens (including phenoxy) is 1. The minimum absolute atomic E-state index is 0. The van der Waals surface area contributed by atoms with Gasteiger partial charge in [-0.25, -0.2) is 5.26 Å². The zero-order valence-electron chi connectivity index (χ0n) is 7.34. The molecule has 0 bridgehead atoms. The smallest absolute Gasteiger partial charge is 0.482 e. The van der Waals surface area contributed by atoms with Gasteiger partial charge in [0.1, 0.15) is 5.60 Å². The average molecular weight is 163 g/mol. The molecule has 0 saturated carbocycles. The maximum atomic E-state index is 10.6. The molecule has 0 fully saturated rings. The van der Waals surface area contributed by atoms with Crippen LogP contribution in [0.1, 0.15) is 20.8 Å². The SMILES string of the molecule is CC(C)(C)OC(=O)[CH-]C#N.[Na+]. The van der Waals surface area contributed by atoms with Gasteiger partial charge in [0.2, 0.25) is 0 Å². The summed E-state index contributed by atoms with van der Waals surface area (Å²) in [5, 5.41) is 8.03. The Labute approximate surface area is 89.0 Å². The van der Waals surface area contributed by atoms with Gasteiger partial charge in [0.25, 0.3) is 0 Å². The Hall–Kier alpha value is -0.170. The molecule has 0 aliphatic heterocycles. The van der Waals surface area contributed by atoms with Crippen molar-refractivity contribution >= 4 is 5.97 Å². The van der Waals surface area contributed by atoms with E-state index < -0.39 is 11.6 Å². The topological polar surface area (TPSA) is 50.1 Å². The van der Waals surface area contributed by atoms with E-state index in [1.54, 1.807) is 26.8 Å². The third-order valence-corrected chi connectivity index (χ3v) is 0.589. The zero-order chi connectivity index (χ0) is 8.20. The van der Waals surface area contributed by atoms with Crippen molar-refractivity contribution in [3.63, 3.8) is 0 Å². The average Bonchev–Trinajstić information content (AvgIpc) is 1.59. The molecule has 56 valence electrons. The minimum atomic E-state index is -0.588. The molecule has 0 rings (SSSR count). The predicted molar refractivity (Wildman–Crippen MR) is 35.8 cm³/mol. The number of nitrogens with zero attached hydrogens (tertiary/aromatic N) is 1. The molecule has 3 nitrogen and oxygen atoms in total. The van der Waals surface area contributed by atoms with Gasteiger partial charge < -0.3 is 4.74 Å². The molecule has 0 atom stereocenters. The molecule has 0 aromatic carbocycles. The van der Waals surface area contributed by atoms with Crippen molar-refractivity contribution in [2.75, 3.05) is 0 Å². The molecule has 0 N–H and O–H groups in total. The summed E-state index contributed by atoms with van der Waals surface area (Å²) in [6.45, 7) is 5.24. The van der Waals surface area contributed by atoms with Crippen LogP contribution in [0.4, 0.5) is 0 Å². The van der Waals surface area contributed by atoms with Crippen LogP contribution in [-0.2, 0) is 9.53 Å². The summed E-state index contributed by atoms with van der Waals surface area (Å²) >= 11 is 0. The molecular formula is C7H10NNaO2. The Balaban J connectivity index is 0. The monoisotopic (exact) mass is 163 g/mol. The van der Waals surface area contributed by atoms with Gasteiger partial charge in [-0.3, -0.25) is 4.79 Å². The molecule has 0 aromatic rings. The molecule has 11 heavy (non-hydrogen) atoms. The molecule has 0 unspecified atom stereocenters. The van der Waals surface area contributed by atoms with Crippen molar-refractivity contribution in [2.24, 2.45) is 0 Å². The summed E-state index contributed by atoms with van der Waals surface area (Å²) in [5.41, 5.74) is -0.509. The van der Waals surface area contributed by atoms with E-state index in [-0.39, 0.29) is 29.6 Å². The number of rotatable bonds is 1. The number of carbonyl (C=O) groups is 1. The summed E-state index contributed by atoms with van der Waals surface area (Å²) in [6, 6.07) is 1.59. The fourth-order valence-electron chi connectivity index (χ4n) is 0.384. The standard InChI is InChI=1S/C7H10NO2.Na/c1-7(2,3)10-6(9)4-5-8;/h4H,1-3H3;/q-1;+1. The fraction of sp³-hybridized carbons (Fsp3) is 0.571. The fourth-order valence-corrected chi connectivity index (χ4v) is 0.384. The predicted octanol–water partition coefficient (Wildman–Crippen LogP) is -1.94. The van der Waals surface area contributed by atoms with E-state index in [0.29, 0.717) is 0 Å². The minimum Gasteiger partial charge on any atom is -0.482 e. The number of hydrogen-bond acceptors (Lipinski definition) is 3. The summed E-state index contributed by atoms with van der Waals surface area (Å²) in [5.74, 6) is -0.588. The number of esters is 1. The van der Waals surface area contributed by atoms with Crippen LogP contribution in [0.25, 0.3) is 0 Å². The van der Waals surface area contributed by atoms with Crippen LogP contribution in [0.2, 0.25) is 0 Å². The first-order chi connectivity index (χ1) is 4.45. The van der Waals surface area contributed by atoms with Gasteiger partial charge >= 0.3 is 29.6 Å². The van der Waals surface area contributed by atoms with Gasteiger partial charge in [0.05, 0.1) is 0 Å². The van der Waals surface area contributed by atoms with E-state index in [0.717, 1.165) is 6.42 Å². The Kier molecular flexibility index (Phi) is 6.68. The van der Waals surface area contributed by atoms with E-state index in [4.69, 9.17) is 10.00 Å². The number of hydrogen-bond donors (Lipinski definition) is 0. The van der Waals surface area contributed by atoms with Gasteiger partial charge in [0.15, 0.2) is 5.97 Å². The van der Waals surface area contributed by atoms with Gasteiger partial charge in [-0.05, 0) is 20.8 Å².